The number of hydrogen-bond acceptors (Lipinski definition) is 0. The Hall–Kier alpha value is -13.3. The molecule has 0 aliphatic heterocycles. The molecule has 20 aromatic rings. The van der Waals surface area contributed by atoms with Gasteiger partial charge in [0.05, 0.1) is 44.1 Å². The molecule has 4 heterocycles. The smallest absolute Gasteiger partial charge is 0.0547 e. The van der Waals surface area contributed by atoms with Gasteiger partial charge < -0.3 is 18.3 Å². The van der Waals surface area contributed by atoms with E-state index in [0.29, 0.717) is 0 Å². The summed E-state index contributed by atoms with van der Waals surface area (Å²) in [6.45, 7) is 9.48. The first-order valence-corrected chi connectivity index (χ1v) is 37.0. The molecule has 2 aliphatic carbocycles. The normalized spacial score (nSPS) is 13.2. The average molecular weight is 1350 g/mol. The monoisotopic (exact) mass is 1350 g/mol. The van der Waals surface area contributed by atoms with Crippen LogP contribution in [0.1, 0.15) is 49.9 Å². The zero-order chi connectivity index (χ0) is 70.5. The molecule has 0 fully saturated rings. The van der Waals surface area contributed by atoms with Gasteiger partial charge in [0, 0.05) is 76.7 Å². The zero-order valence-corrected chi connectivity index (χ0v) is 59.4. The van der Waals surface area contributed by atoms with Gasteiger partial charge in [-0.1, -0.05) is 264 Å². The van der Waals surface area contributed by atoms with Crippen LogP contribution in [0.15, 0.2) is 364 Å². The van der Waals surface area contributed by atoms with Crippen LogP contribution in [0.4, 0.5) is 0 Å². The molecule has 500 valence electrons. The SMILES string of the molecule is CC1(C)c2ccccc2-c2c1ccc1c2c2cc(-c3ccc4c(c3)c3ccccc3n4-c3ccc(-c4ccccc4)cc3)ccc2n1-c1ccccc1.CC1(C)c2ccccc2-c2cc3c(cc21)c1cc(-c2ccc4c(c2)c2ccccc2n4-c2ccc(-c4ccccc4)cc2)ccc1n3-c1ccccc1. The Morgan fingerprint density at radius 1 is 0.179 bits per heavy atom. The third-order valence-corrected chi connectivity index (χ3v) is 23.4. The Balaban J connectivity index is 0.000000136. The molecule has 0 amide bonds. The van der Waals surface area contributed by atoms with Crippen LogP contribution in [-0.4, -0.2) is 18.3 Å². The first-order chi connectivity index (χ1) is 52.1. The fraction of sp³-hybridized carbons (Fsp3) is 0.0588. The van der Waals surface area contributed by atoms with Crippen LogP contribution in [0.2, 0.25) is 0 Å². The van der Waals surface area contributed by atoms with E-state index >= 15 is 0 Å². The minimum absolute atomic E-state index is 0.0694. The van der Waals surface area contributed by atoms with E-state index < -0.39 is 0 Å². The van der Waals surface area contributed by atoms with E-state index in [9.17, 15) is 0 Å². The van der Waals surface area contributed by atoms with Gasteiger partial charge in [-0.2, -0.15) is 0 Å². The van der Waals surface area contributed by atoms with Gasteiger partial charge in [0.1, 0.15) is 0 Å². The van der Waals surface area contributed by atoms with Crippen LogP contribution < -0.4 is 0 Å². The van der Waals surface area contributed by atoms with Gasteiger partial charge in [-0.05, 0) is 216 Å². The quantitative estimate of drug-likeness (QED) is 0.144. The second-order valence-corrected chi connectivity index (χ2v) is 29.9. The molecule has 0 unspecified atom stereocenters. The minimum atomic E-state index is -0.0694. The van der Waals surface area contributed by atoms with Crippen molar-refractivity contribution in [3.8, 4) is 89.5 Å². The van der Waals surface area contributed by atoms with Gasteiger partial charge >= 0.3 is 0 Å². The fourth-order valence-electron chi connectivity index (χ4n) is 18.3. The van der Waals surface area contributed by atoms with Crippen molar-refractivity contribution in [2.24, 2.45) is 0 Å². The maximum atomic E-state index is 2.48. The molecule has 0 saturated heterocycles. The van der Waals surface area contributed by atoms with Crippen LogP contribution in [0.3, 0.4) is 0 Å². The van der Waals surface area contributed by atoms with E-state index in [1.807, 2.05) is 0 Å². The molecular weight excluding hydrogens is 1280 g/mol. The maximum Gasteiger partial charge on any atom is 0.0547 e. The second-order valence-electron chi connectivity index (χ2n) is 29.9. The minimum Gasteiger partial charge on any atom is -0.309 e. The van der Waals surface area contributed by atoms with Crippen LogP contribution in [-0.2, 0) is 10.8 Å². The number of nitrogens with zero attached hydrogens (tertiary/aromatic N) is 4. The largest absolute Gasteiger partial charge is 0.309 e. The summed E-state index contributed by atoms with van der Waals surface area (Å²) in [6.07, 6.45) is 0. The van der Waals surface area contributed by atoms with Crippen molar-refractivity contribution in [2.45, 2.75) is 38.5 Å². The van der Waals surface area contributed by atoms with Gasteiger partial charge in [0.15, 0.2) is 0 Å². The van der Waals surface area contributed by atoms with E-state index in [1.165, 1.54) is 188 Å². The summed E-state index contributed by atoms with van der Waals surface area (Å²) in [6, 6.07) is 134. The molecule has 0 saturated carbocycles. The predicted molar refractivity (Wildman–Crippen MR) is 447 cm³/mol. The summed E-state index contributed by atoms with van der Waals surface area (Å²) in [5, 5.41) is 10.2. The number of hydrogen-bond donors (Lipinski definition) is 0. The Morgan fingerprint density at radius 3 is 1.00 bits per heavy atom. The van der Waals surface area contributed by atoms with Crippen molar-refractivity contribution in [2.75, 3.05) is 0 Å². The number of aromatic nitrogens is 4. The van der Waals surface area contributed by atoms with Crippen molar-refractivity contribution in [3.63, 3.8) is 0 Å². The van der Waals surface area contributed by atoms with Crippen molar-refractivity contribution in [1.29, 1.82) is 0 Å². The fourth-order valence-corrected chi connectivity index (χ4v) is 18.3. The number of para-hydroxylation sites is 4. The maximum absolute atomic E-state index is 2.48. The zero-order valence-electron chi connectivity index (χ0n) is 59.4. The van der Waals surface area contributed by atoms with Gasteiger partial charge in [-0.3, -0.25) is 0 Å². The topological polar surface area (TPSA) is 19.7 Å². The third-order valence-electron chi connectivity index (χ3n) is 23.4. The molecule has 4 aromatic heterocycles. The van der Waals surface area contributed by atoms with E-state index in [2.05, 4.69) is 410 Å². The number of benzene rings is 16. The van der Waals surface area contributed by atoms with Crippen molar-refractivity contribution in [3.05, 3.63) is 386 Å². The Morgan fingerprint density at radius 2 is 0.500 bits per heavy atom. The number of fused-ring (bicyclic) bond motifs is 19. The summed E-state index contributed by atoms with van der Waals surface area (Å²) >= 11 is 0. The number of rotatable bonds is 8. The van der Waals surface area contributed by atoms with Crippen LogP contribution in [0.25, 0.3) is 177 Å². The second kappa shape index (κ2) is 23.6. The lowest BCUT2D eigenvalue weighted by molar-refractivity contribution is 0.661. The summed E-state index contributed by atoms with van der Waals surface area (Å²) in [5.74, 6) is 0. The summed E-state index contributed by atoms with van der Waals surface area (Å²) in [4.78, 5) is 0. The van der Waals surface area contributed by atoms with Crippen molar-refractivity contribution < 1.29 is 0 Å². The predicted octanol–water partition coefficient (Wildman–Crippen LogP) is 27.0. The van der Waals surface area contributed by atoms with Gasteiger partial charge in [0.25, 0.3) is 0 Å². The summed E-state index contributed by atoms with van der Waals surface area (Å²) in [5.41, 5.74) is 35.1. The standard InChI is InChI=1S/2C51H36N2/c1-51(2)43-19-11-9-18-40(43)49-44(51)27-30-48-50(49)42-32-36(24-29-47(42)53(48)37-15-7-4-8-16-37)35-23-28-46-41(31-35)39-17-10-12-20-45(39)52(46)38-25-21-34(22-26-38)33-13-5-3-6-14-33;1-51(2)45-19-11-9-17-39(45)41-32-50-44(31-46(41)51)43-30-36(24-28-49(43)53(50)37-15-7-4-8-16-37)35-23-27-48-42(29-35)40-18-10-12-20-47(40)52(48)38-25-21-34(22-26-38)33-13-5-3-6-14-33/h2*3-32H,1-2H3. The Bertz CT molecular complexity index is 6900. The van der Waals surface area contributed by atoms with E-state index in [-0.39, 0.29) is 10.8 Å². The van der Waals surface area contributed by atoms with Crippen LogP contribution in [0.5, 0.6) is 0 Å². The van der Waals surface area contributed by atoms with Gasteiger partial charge in [0.2, 0.25) is 0 Å². The highest BCUT2D eigenvalue weighted by molar-refractivity contribution is 6.20. The first kappa shape index (κ1) is 61.4. The first-order valence-electron chi connectivity index (χ1n) is 37.0. The lowest BCUT2D eigenvalue weighted by Crippen LogP contribution is -2.14. The highest BCUT2D eigenvalue weighted by Crippen LogP contribution is 2.55. The van der Waals surface area contributed by atoms with Crippen LogP contribution in [0, 0.1) is 0 Å². The molecule has 4 nitrogen and oxygen atoms in total. The van der Waals surface area contributed by atoms with Crippen molar-refractivity contribution >= 4 is 87.2 Å². The molecule has 16 aromatic carbocycles. The van der Waals surface area contributed by atoms with E-state index in [0.717, 1.165) is 11.4 Å². The summed E-state index contributed by atoms with van der Waals surface area (Å²) in [7, 11) is 0. The molecule has 2 aliphatic rings. The van der Waals surface area contributed by atoms with Gasteiger partial charge in [-0.15, -0.1) is 0 Å². The highest BCUT2D eigenvalue weighted by atomic mass is 15.0. The lowest BCUT2D eigenvalue weighted by atomic mass is 9.82. The molecule has 22 rings (SSSR count). The van der Waals surface area contributed by atoms with E-state index in [1.54, 1.807) is 0 Å². The third kappa shape index (κ3) is 9.33. The molecule has 0 spiro atoms. The Labute approximate surface area is 615 Å². The molecule has 0 radical (unpaired) electrons. The molecule has 0 atom stereocenters. The molecule has 106 heavy (non-hydrogen) atoms. The molecular formula is C102H72N4. The van der Waals surface area contributed by atoms with Crippen molar-refractivity contribution in [1.82, 2.24) is 18.3 Å². The van der Waals surface area contributed by atoms with Gasteiger partial charge in [-0.25, -0.2) is 0 Å². The molecule has 4 heteroatoms. The van der Waals surface area contributed by atoms with E-state index in [4.69, 9.17) is 0 Å². The summed E-state index contributed by atoms with van der Waals surface area (Å²) < 4.78 is 9.70. The Kier molecular flexibility index (Phi) is 13.7. The average Bonchev–Trinajstić information content (AvgIpc) is 1.55. The molecule has 0 N–H and O–H groups in total. The molecule has 0 bridgehead atoms. The lowest BCUT2D eigenvalue weighted by Gasteiger charge is -2.21. The van der Waals surface area contributed by atoms with Crippen LogP contribution >= 0.6 is 0 Å². The highest BCUT2D eigenvalue weighted by Gasteiger charge is 2.39.